The zero-order chi connectivity index (χ0) is 22.2. The third-order valence-corrected chi connectivity index (χ3v) is 5.47. The molecule has 3 rings (SSSR count). The van der Waals surface area contributed by atoms with Crippen LogP contribution in [-0.2, 0) is 4.79 Å². The molecule has 0 unspecified atom stereocenters. The number of aromatic nitrogens is 1. The van der Waals surface area contributed by atoms with Crippen molar-refractivity contribution in [3.8, 4) is 23.1 Å². The summed E-state index contributed by atoms with van der Waals surface area (Å²) in [5, 5.41) is 14.6. The highest BCUT2D eigenvalue weighted by atomic mass is 32.1. The number of nitriles is 1. The molecule has 1 aromatic heterocycles. The van der Waals surface area contributed by atoms with E-state index in [1.165, 1.54) is 11.3 Å². The molecule has 1 amide bonds. The van der Waals surface area contributed by atoms with Crippen LogP contribution in [0.2, 0.25) is 0 Å². The number of thiazole rings is 1. The van der Waals surface area contributed by atoms with Crippen LogP contribution in [0, 0.1) is 25.2 Å². The van der Waals surface area contributed by atoms with Crippen LogP contribution in [0.15, 0.2) is 53.4 Å². The van der Waals surface area contributed by atoms with Gasteiger partial charge in [-0.15, -0.1) is 11.3 Å². The molecule has 0 fully saturated rings. The number of ether oxygens (including phenoxy) is 1. The van der Waals surface area contributed by atoms with Gasteiger partial charge in [-0.1, -0.05) is 43.2 Å². The number of hydrogen-bond acceptors (Lipinski definition) is 5. The van der Waals surface area contributed by atoms with E-state index in [4.69, 9.17) is 4.74 Å². The van der Waals surface area contributed by atoms with E-state index in [0.29, 0.717) is 11.7 Å². The van der Waals surface area contributed by atoms with Crippen molar-refractivity contribution in [2.24, 2.45) is 0 Å². The van der Waals surface area contributed by atoms with Gasteiger partial charge in [-0.05, 0) is 55.7 Å². The molecule has 0 aliphatic carbocycles. The lowest BCUT2D eigenvalue weighted by Crippen LogP contribution is -2.13. The first-order valence-corrected chi connectivity index (χ1v) is 11.1. The van der Waals surface area contributed by atoms with E-state index in [1.54, 1.807) is 6.08 Å². The molecule has 2 aromatic carbocycles. The van der Waals surface area contributed by atoms with Crippen molar-refractivity contribution >= 4 is 28.5 Å². The van der Waals surface area contributed by atoms with Crippen molar-refractivity contribution < 1.29 is 9.53 Å². The molecule has 0 atom stereocenters. The van der Waals surface area contributed by atoms with Crippen molar-refractivity contribution in [1.29, 1.82) is 5.26 Å². The Balaban J connectivity index is 1.69. The molecule has 158 valence electrons. The smallest absolute Gasteiger partial charge is 0.268 e. The maximum absolute atomic E-state index is 12.6. The first-order valence-electron chi connectivity index (χ1n) is 10.2. The van der Waals surface area contributed by atoms with Gasteiger partial charge in [0.25, 0.3) is 5.91 Å². The fraction of sp³-hybridized carbons (Fsp3) is 0.240. The Morgan fingerprint density at radius 3 is 2.71 bits per heavy atom. The number of nitrogens with one attached hydrogen (secondary N) is 1. The summed E-state index contributed by atoms with van der Waals surface area (Å²) < 4.78 is 5.64. The second kappa shape index (κ2) is 10.6. The minimum Gasteiger partial charge on any atom is -0.494 e. The highest BCUT2D eigenvalue weighted by molar-refractivity contribution is 7.14. The van der Waals surface area contributed by atoms with Crippen LogP contribution in [0.5, 0.6) is 5.75 Å². The van der Waals surface area contributed by atoms with Gasteiger partial charge in [0.2, 0.25) is 0 Å². The number of carbonyl (C=O) groups is 1. The van der Waals surface area contributed by atoms with Crippen molar-refractivity contribution in [2.75, 3.05) is 11.9 Å². The number of nitrogens with zero attached hydrogens (tertiary/aromatic N) is 2. The van der Waals surface area contributed by atoms with Crippen LogP contribution in [0.25, 0.3) is 17.3 Å². The predicted molar refractivity (Wildman–Crippen MR) is 126 cm³/mol. The molecule has 1 heterocycles. The van der Waals surface area contributed by atoms with Gasteiger partial charge in [0, 0.05) is 10.9 Å². The van der Waals surface area contributed by atoms with Gasteiger partial charge in [0.15, 0.2) is 5.13 Å². The van der Waals surface area contributed by atoms with Crippen LogP contribution in [0.1, 0.15) is 36.5 Å². The van der Waals surface area contributed by atoms with Crippen LogP contribution < -0.4 is 10.1 Å². The summed E-state index contributed by atoms with van der Waals surface area (Å²) in [6, 6.07) is 15.5. The maximum Gasteiger partial charge on any atom is 0.268 e. The molecule has 1 N–H and O–H groups in total. The van der Waals surface area contributed by atoms with Crippen molar-refractivity contribution in [2.45, 2.75) is 33.6 Å². The Hall–Kier alpha value is -3.43. The molecule has 0 saturated carbocycles. The quantitative estimate of drug-likeness (QED) is 0.264. The SMILES string of the molecule is CCCCOc1ccc(/C=C(\C#N)C(=O)Nc2nc(-c3cc(C)ccc3C)cs2)cc1. The number of hydrogen-bond donors (Lipinski definition) is 1. The van der Waals surface area contributed by atoms with Crippen LogP contribution >= 0.6 is 11.3 Å². The van der Waals surface area contributed by atoms with E-state index in [2.05, 4.69) is 35.4 Å². The average Bonchev–Trinajstić information content (AvgIpc) is 3.23. The molecular formula is C25H25N3O2S. The third-order valence-electron chi connectivity index (χ3n) is 4.72. The lowest BCUT2D eigenvalue weighted by Gasteiger charge is -2.05. The van der Waals surface area contributed by atoms with Crippen molar-refractivity contribution in [3.05, 3.63) is 70.1 Å². The van der Waals surface area contributed by atoms with Gasteiger partial charge in [-0.25, -0.2) is 4.98 Å². The molecule has 0 saturated heterocycles. The topological polar surface area (TPSA) is 75.0 Å². The lowest BCUT2D eigenvalue weighted by atomic mass is 10.0. The van der Waals surface area contributed by atoms with Crippen LogP contribution in [0.3, 0.4) is 0 Å². The zero-order valence-electron chi connectivity index (χ0n) is 17.9. The summed E-state index contributed by atoms with van der Waals surface area (Å²) in [5.74, 6) is 0.294. The molecule has 6 heteroatoms. The number of amides is 1. The van der Waals surface area contributed by atoms with Gasteiger partial charge >= 0.3 is 0 Å². The highest BCUT2D eigenvalue weighted by Crippen LogP contribution is 2.28. The zero-order valence-corrected chi connectivity index (χ0v) is 18.8. The van der Waals surface area contributed by atoms with E-state index in [9.17, 15) is 10.1 Å². The second-order valence-electron chi connectivity index (χ2n) is 7.25. The fourth-order valence-corrected chi connectivity index (χ4v) is 3.65. The van der Waals surface area contributed by atoms with Crippen LogP contribution in [-0.4, -0.2) is 17.5 Å². The Morgan fingerprint density at radius 2 is 2.00 bits per heavy atom. The summed E-state index contributed by atoms with van der Waals surface area (Å²) in [7, 11) is 0. The highest BCUT2D eigenvalue weighted by Gasteiger charge is 2.13. The normalized spacial score (nSPS) is 11.1. The van der Waals surface area contributed by atoms with Crippen molar-refractivity contribution in [1.82, 2.24) is 4.98 Å². The number of aryl methyl sites for hydroxylation is 2. The molecule has 0 aliphatic rings. The van der Waals surface area contributed by atoms with E-state index in [-0.39, 0.29) is 5.57 Å². The Morgan fingerprint density at radius 1 is 1.23 bits per heavy atom. The predicted octanol–water partition coefficient (Wildman–Crippen LogP) is 6.15. The molecule has 0 bridgehead atoms. The summed E-state index contributed by atoms with van der Waals surface area (Å²) >= 11 is 1.34. The summed E-state index contributed by atoms with van der Waals surface area (Å²) in [4.78, 5) is 17.1. The van der Waals surface area contributed by atoms with E-state index < -0.39 is 5.91 Å². The van der Waals surface area contributed by atoms with Gasteiger partial charge in [-0.2, -0.15) is 5.26 Å². The number of anilines is 1. The van der Waals surface area contributed by atoms with Gasteiger partial charge in [0.1, 0.15) is 17.4 Å². The van der Waals surface area contributed by atoms with E-state index in [1.807, 2.05) is 49.6 Å². The number of benzene rings is 2. The number of carbonyl (C=O) groups excluding carboxylic acids is 1. The lowest BCUT2D eigenvalue weighted by molar-refractivity contribution is -0.112. The summed E-state index contributed by atoms with van der Waals surface area (Å²) in [5.41, 5.74) is 4.88. The van der Waals surface area contributed by atoms with Gasteiger partial charge < -0.3 is 4.74 Å². The first kappa shape index (κ1) is 22.3. The third kappa shape index (κ3) is 6.03. The summed E-state index contributed by atoms with van der Waals surface area (Å²) in [6.45, 7) is 6.85. The van der Waals surface area contributed by atoms with Crippen LogP contribution in [0.4, 0.5) is 5.13 Å². The molecule has 0 spiro atoms. The first-order chi connectivity index (χ1) is 15.0. The largest absolute Gasteiger partial charge is 0.494 e. The summed E-state index contributed by atoms with van der Waals surface area (Å²) in [6.07, 6.45) is 3.64. The molecule has 5 nitrogen and oxygen atoms in total. The Kier molecular flexibility index (Phi) is 7.58. The fourth-order valence-electron chi connectivity index (χ4n) is 2.94. The average molecular weight is 432 g/mol. The number of unbranched alkanes of at least 4 members (excludes halogenated alkanes) is 1. The number of rotatable bonds is 8. The van der Waals surface area contributed by atoms with Crippen molar-refractivity contribution in [3.63, 3.8) is 0 Å². The molecule has 0 radical (unpaired) electrons. The molecular weight excluding hydrogens is 406 g/mol. The van der Waals surface area contributed by atoms with E-state index in [0.717, 1.165) is 46.5 Å². The Bertz CT molecular complexity index is 1120. The van der Waals surface area contributed by atoms with Gasteiger partial charge in [-0.3, -0.25) is 10.1 Å². The monoisotopic (exact) mass is 431 g/mol. The van der Waals surface area contributed by atoms with E-state index >= 15 is 0 Å². The standard InChI is InChI=1S/C25H25N3O2S/c1-4-5-12-30-21-10-8-19(9-11-21)14-20(15-26)24(29)28-25-27-23(16-31-25)22-13-17(2)6-7-18(22)3/h6-11,13-14,16H,4-5,12H2,1-3H3,(H,27,28,29)/b20-14+. The Labute approximate surface area is 187 Å². The minimum atomic E-state index is -0.479. The minimum absolute atomic E-state index is 0.0168. The molecule has 31 heavy (non-hydrogen) atoms. The van der Waals surface area contributed by atoms with Gasteiger partial charge in [0.05, 0.1) is 12.3 Å². The second-order valence-corrected chi connectivity index (χ2v) is 8.11. The molecule has 3 aromatic rings. The molecule has 0 aliphatic heterocycles. The maximum atomic E-state index is 12.6.